The highest BCUT2D eigenvalue weighted by Gasteiger charge is 2.52. The number of urea groups is 1. The van der Waals surface area contributed by atoms with Gasteiger partial charge in [0, 0.05) is 38.4 Å². The van der Waals surface area contributed by atoms with Gasteiger partial charge in [-0.2, -0.15) is 0 Å². The Kier molecular flexibility index (Phi) is 18.8. The van der Waals surface area contributed by atoms with Gasteiger partial charge in [-0.3, -0.25) is 9.69 Å². The van der Waals surface area contributed by atoms with Gasteiger partial charge in [0.25, 0.3) is 0 Å². The van der Waals surface area contributed by atoms with Crippen molar-refractivity contribution in [1.82, 2.24) is 9.80 Å². The number of nitrogens with two attached hydrogens (primary N) is 2. The molecule has 13 nitrogen and oxygen atoms in total. The number of quaternary nitrogens is 1. The van der Waals surface area contributed by atoms with Crippen LogP contribution in [0.25, 0.3) is 0 Å². The van der Waals surface area contributed by atoms with Crippen LogP contribution in [0.5, 0.6) is 0 Å². The molecule has 0 fully saturated rings. The Morgan fingerprint density at radius 3 is 1.98 bits per heavy atom. The highest BCUT2D eigenvalue weighted by molar-refractivity contribution is 5.96. The number of hydrogen-bond acceptors (Lipinski definition) is 9. The van der Waals surface area contributed by atoms with Gasteiger partial charge in [0.15, 0.2) is 0 Å². The molecule has 0 aliphatic carbocycles. The summed E-state index contributed by atoms with van der Waals surface area (Å²) in [6.45, 7) is 13.7. The van der Waals surface area contributed by atoms with E-state index >= 15 is 0 Å². The fraction of sp³-hybridized carbons (Fsp3) is 0.500. The minimum absolute atomic E-state index is 0.0334. The molecule has 2 unspecified atom stereocenters. The summed E-state index contributed by atoms with van der Waals surface area (Å²) in [6.07, 6.45) is 4.40. The quantitative estimate of drug-likeness (QED) is 0.0637. The Bertz CT molecular complexity index is 1990. The van der Waals surface area contributed by atoms with Crippen LogP contribution in [0, 0.1) is 5.92 Å². The van der Waals surface area contributed by atoms with Crippen LogP contribution < -0.4 is 11.5 Å². The third-order valence-corrected chi connectivity index (χ3v) is 11.2. The zero-order valence-corrected chi connectivity index (χ0v) is 38.4. The molecule has 5 N–H and O–H groups in total. The predicted molar refractivity (Wildman–Crippen MR) is 247 cm³/mol. The zero-order valence-electron chi connectivity index (χ0n) is 38.4. The van der Waals surface area contributed by atoms with Crippen molar-refractivity contribution in [2.75, 3.05) is 19.7 Å². The minimum Gasteiger partial charge on any atom is -0.444 e. The van der Waals surface area contributed by atoms with Crippen molar-refractivity contribution in [3.63, 3.8) is 0 Å². The summed E-state index contributed by atoms with van der Waals surface area (Å²) >= 11 is 0. The Balaban J connectivity index is 1.78. The van der Waals surface area contributed by atoms with Crippen LogP contribution in [0.2, 0.25) is 0 Å². The molecule has 0 spiro atoms. The molecule has 0 saturated carbocycles. The number of primary amides is 1. The maximum Gasteiger partial charge on any atom is 0.432 e. The highest BCUT2D eigenvalue weighted by atomic mass is 16.6. The molecule has 13 heteroatoms. The number of nitrogens with zero attached hydrogens (tertiary/aromatic N) is 4. The number of aryl methyl sites for hydroxylation is 1. The molecule has 3 aromatic rings. The van der Waals surface area contributed by atoms with Gasteiger partial charge in [0.1, 0.15) is 23.5 Å². The van der Waals surface area contributed by atoms with Crippen LogP contribution in [-0.4, -0.2) is 98.7 Å². The van der Waals surface area contributed by atoms with E-state index in [2.05, 4.69) is 11.9 Å². The molecular formula is C50H71N6O7+. The number of carbonyl (C=O) groups excluding carboxylic acids is 4. The summed E-state index contributed by atoms with van der Waals surface area (Å²) in [5, 5.41) is 12.9. The number of amides is 5. The number of aliphatic hydroxyl groups is 1. The molecule has 0 aromatic heterocycles. The molecule has 4 rings (SSSR count). The summed E-state index contributed by atoms with van der Waals surface area (Å²) in [5.41, 5.74) is 13.0. The van der Waals surface area contributed by atoms with E-state index in [4.69, 9.17) is 20.9 Å². The van der Waals surface area contributed by atoms with Crippen LogP contribution in [0.1, 0.15) is 104 Å². The van der Waals surface area contributed by atoms with Crippen LogP contribution in [0.3, 0.4) is 0 Å². The lowest BCUT2D eigenvalue weighted by Crippen LogP contribution is -2.67. The molecule has 0 radical (unpaired) electrons. The lowest BCUT2D eigenvalue weighted by atomic mass is 9.80. The van der Waals surface area contributed by atoms with Crippen LogP contribution >= 0.6 is 0 Å². The van der Waals surface area contributed by atoms with E-state index in [-0.39, 0.29) is 57.3 Å². The summed E-state index contributed by atoms with van der Waals surface area (Å²) in [4.78, 5) is 64.0. The number of rotatable bonds is 23. The third-order valence-electron chi connectivity index (χ3n) is 11.2. The number of carbonyl (C=O) groups is 4. The van der Waals surface area contributed by atoms with E-state index in [1.54, 1.807) is 30.6 Å². The van der Waals surface area contributed by atoms with Crippen molar-refractivity contribution in [2.24, 2.45) is 22.4 Å². The lowest BCUT2D eigenvalue weighted by Gasteiger charge is -2.50. The van der Waals surface area contributed by atoms with Crippen molar-refractivity contribution in [2.45, 2.75) is 136 Å². The Hall–Kier alpha value is -5.21. The van der Waals surface area contributed by atoms with Crippen molar-refractivity contribution in [3.05, 3.63) is 120 Å². The smallest absolute Gasteiger partial charge is 0.432 e. The molecule has 0 saturated heterocycles. The predicted octanol–water partition coefficient (Wildman–Crippen LogP) is 7.89. The summed E-state index contributed by atoms with van der Waals surface area (Å²) in [6, 6.07) is 25.9. The van der Waals surface area contributed by atoms with Gasteiger partial charge in [0.05, 0.1) is 24.9 Å². The van der Waals surface area contributed by atoms with Crippen LogP contribution in [-0.2, 0) is 38.5 Å². The molecule has 63 heavy (non-hydrogen) atoms. The van der Waals surface area contributed by atoms with E-state index in [0.29, 0.717) is 18.7 Å². The topological polar surface area (TPSA) is 178 Å². The molecule has 3 aromatic carbocycles. The van der Waals surface area contributed by atoms with E-state index < -0.39 is 51.8 Å². The van der Waals surface area contributed by atoms with Crippen LogP contribution in [0.15, 0.2) is 108 Å². The van der Waals surface area contributed by atoms with Crippen molar-refractivity contribution in [1.29, 1.82) is 0 Å². The highest BCUT2D eigenvalue weighted by Crippen LogP contribution is 2.36. The average Bonchev–Trinajstić information content (AvgIpc) is 3.67. The SMILES string of the molecule is CCCCCN(C[C@H](O)C(COCc1ccccc1)(CC(C)C)N(C(=O)OC(C)(C)C)[C@H](C)CC1=C[N+](C(N)=O)(C(=O)[C@@H](N)Cc2ccccc2)C=N1)C(=O)CCc1ccccc1. The second-order valence-corrected chi connectivity index (χ2v) is 18.2. The van der Waals surface area contributed by atoms with Gasteiger partial charge < -0.3 is 30.9 Å². The van der Waals surface area contributed by atoms with Gasteiger partial charge in [-0.15, -0.1) is 4.48 Å². The summed E-state index contributed by atoms with van der Waals surface area (Å²) in [5.74, 6) is -0.831. The van der Waals surface area contributed by atoms with E-state index in [1.807, 2.05) is 112 Å². The molecule has 5 amide bonds. The number of benzene rings is 3. The van der Waals surface area contributed by atoms with E-state index in [1.165, 1.54) is 12.5 Å². The van der Waals surface area contributed by atoms with Gasteiger partial charge in [-0.25, -0.2) is 19.4 Å². The molecule has 0 bridgehead atoms. The number of aliphatic imine (C=N–C) groups is 1. The number of hydrogen-bond donors (Lipinski definition) is 3. The first-order chi connectivity index (χ1) is 29.9. The number of imide groups is 1. The van der Waals surface area contributed by atoms with Crippen LogP contribution in [0.4, 0.5) is 9.59 Å². The lowest BCUT2D eigenvalue weighted by molar-refractivity contribution is -0.606. The first-order valence-electron chi connectivity index (χ1n) is 22.3. The van der Waals surface area contributed by atoms with Gasteiger partial charge in [-0.1, -0.05) is 125 Å². The standard InChI is InChI=1S/C50H70N6O7/c1-8-9-19-28-54(45(58)27-26-39-20-13-10-14-21-39)32-44(57)50(31-37(2)3,35-62-34-41-24-17-12-18-25-41)55(48(61)63-49(5,6)7)38(4)29-42-33-56(36-53-42,47(52)60)46(59)43(51)30-40-22-15-11-16-23-40/h10-18,20-25,33,36-38,43-44,57H,8-9,19,26-32,34-35,51H2,1-7H3,(H-,52,60)/p+1/t38-,43+,44+,50?,56?/m1/s1. The Morgan fingerprint density at radius 2 is 1.43 bits per heavy atom. The normalized spacial score (nSPS) is 17.3. The maximum absolute atomic E-state index is 14.9. The number of aliphatic hydroxyl groups excluding tert-OH is 1. The Morgan fingerprint density at radius 1 is 0.841 bits per heavy atom. The van der Waals surface area contributed by atoms with Gasteiger partial charge >= 0.3 is 18.0 Å². The van der Waals surface area contributed by atoms with Crippen molar-refractivity contribution < 1.29 is 38.2 Å². The van der Waals surface area contributed by atoms with E-state index in [9.17, 15) is 24.3 Å². The number of unbranched alkanes of at least 4 members (excludes halogenated alkanes) is 2. The molecule has 1 heterocycles. The summed E-state index contributed by atoms with van der Waals surface area (Å²) < 4.78 is 11.6. The average molecular weight is 868 g/mol. The molecule has 5 atom stereocenters. The molecule has 1 aliphatic heterocycles. The van der Waals surface area contributed by atoms with E-state index in [0.717, 1.165) is 36.0 Å². The first-order valence-corrected chi connectivity index (χ1v) is 22.3. The third kappa shape index (κ3) is 14.4. The summed E-state index contributed by atoms with van der Waals surface area (Å²) in [7, 11) is 0. The van der Waals surface area contributed by atoms with Crippen molar-refractivity contribution >= 4 is 30.3 Å². The second-order valence-electron chi connectivity index (χ2n) is 18.2. The zero-order chi connectivity index (χ0) is 46.2. The van der Waals surface area contributed by atoms with Crippen molar-refractivity contribution in [3.8, 4) is 0 Å². The fourth-order valence-electron chi connectivity index (χ4n) is 8.21. The largest absolute Gasteiger partial charge is 0.444 e. The monoisotopic (exact) mass is 868 g/mol. The fourth-order valence-corrected chi connectivity index (χ4v) is 8.21. The molecule has 1 aliphatic rings. The number of ether oxygens (including phenoxy) is 2. The maximum atomic E-state index is 14.9. The first kappa shape index (κ1) is 50.4. The second kappa shape index (κ2) is 23.5. The van der Waals surface area contributed by atoms with Gasteiger partial charge in [0.2, 0.25) is 12.2 Å². The van der Waals surface area contributed by atoms with Gasteiger partial charge in [-0.05, 0) is 69.6 Å². The molecule has 342 valence electrons. The Labute approximate surface area is 374 Å². The molecular weight excluding hydrogens is 797 g/mol. The minimum atomic E-state index is -1.46.